The number of amides is 2. The van der Waals surface area contributed by atoms with Gasteiger partial charge in [0.15, 0.2) is 0 Å². The first-order valence-corrected chi connectivity index (χ1v) is 8.10. The minimum absolute atomic E-state index is 0.0797. The van der Waals surface area contributed by atoms with Crippen LogP contribution in [-0.4, -0.2) is 25.8 Å². The molecular weight excluding hydrogens is 328 g/mol. The number of carbonyl (C=O) groups excluding carboxylic acids is 1. The minimum atomic E-state index is -0.227. The Kier molecular flexibility index (Phi) is 5.11. The average molecular weight is 347 g/mol. The van der Waals surface area contributed by atoms with E-state index in [1.807, 2.05) is 36.4 Å². The lowest BCUT2D eigenvalue weighted by atomic mass is 10.0. The van der Waals surface area contributed by atoms with Crippen molar-refractivity contribution >= 4 is 17.6 Å². The molecule has 126 valence electrons. The Morgan fingerprint density at radius 3 is 3.00 bits per heavy atom. The molecule has 0 fully saturated rings. The molecular formula is C18H19ClN2O3. The van der Waals surface area contributed by atoms with Gasteiger partial charge in [-0.15, -0.1) is 0 Å². The molecule has 2 N–H and O–H groups in total. The highest BCUT2D eigenvalue weighted by Gasteiger charge is 2.21. The molecule has 1 aliphatic heterocycles. The molecule has 3 rings (SSSR count). The van der Waals surface area contributed by atoms with Gasteiger partial charge in [0.05, 0.1) is 13.2 Å². The third-order valence-corrected chi connectivity index (χ3v) is 4.09. The van der Waals surface area contributed by atoms with Gasteiger partial charge < -0.3 is 20.1 Å². The average Bonchev–Trinajstić information content (AvgIpc) is 2.59. The molecule has 2 aromatic carbocycles. The topological polar surface area (TPSA) is 59.6 Å². The lowest BCUT2D eigenvalue weighted by Crippen LogP contribution is -2.47. The number of fused-ring (bicyclic) bond motifs is 1. The summed E-state index contributed by atoms with van der Waals surface area (Å²) in [5, 5.41) is 6.42. The van der Waals surface area contributed by atoms with Crippen LogP contribution in [0.15, 0.2) is 42.5 Å². The number of hydrogen-bond donors (Lipinski definition) is 2. The highest BCUT2D eigenvalue weighted by Crippen LogP contribution is 2.28. The van der Waals surface area contributed by atoms with Crippen LogP contribution in [0.5, 0.6) is 11.5 Å². The van der Waals surface area contributed by atoms with Gasteiger partial charge in [-0.05, 0) is 47.9 Å². The summed E-state index contributed by atoms with van der Waals surface area (Å²) >= 11 is 5.93. The van der Waals surface area contributed by atoms with Crippen molar-refractivity contribution in [2.75, 3.05) is 13.7 Å². The fraction of sp³-hybridized carbons (Fsp3) is 0.278. The molecule has 0 aliphatic carbocycles. The van der Waals surface area contributed by atoms with E-state index in [1.54, 1.807) is 13.2 Å². The summed E-state index contributed by atoms with van der Waals surface area (Å²) in [5.74, 6) is 1.62. The van der Waals surface area contributed by atoms with E-state index in [9.17, 15) is 4.79 Å². The predicted molar refractivity (Wildman–Crippen MR) is 92.8 cm³/mol. The van der Waals surface area contributed by atoms with Crippen molar-refractivity contribution in [3.05, 3.63) is 58.6 Å². The second kappa shape index (κ2) is 7.45. The molecule has 0 saturated heterocycles. The molecule has 6 heteroatoms. The van der Waals surface area contributed by atoms with E-state index in [1.165, 1.54) is 0 Å². The number of rotatable bonds is 4. The van der Waals surface area contributed by atoms with Crippen molar-refractivity contribution in [3.8, 4) is 11.5 Å². The Morgan fingerprint density at radius 2 is 2.21 bits per heavy atom. The van der Waals surface area contributed by atoms with Crippen molar-refractivity contribution in [1.29, 1.82) is 0 Å². The fourth-order valence-corrected chi connectivity index (χ4v) is 2.87. The van der Waals surface area contributed by atoms with Crippen LogP contribution in [0.2, 0.25) is 5.02 Å². The summed E-state index contributed by atoms with van der Waals surface area (Å²) in [4.78, 5) is 12.1. The summed E-state index contributed by atoms with van der Waals surface area (Å²) < 4.78 is 10.9. The lowest BCUT2D eigenvalue weighted by molar-refractivity contribution is 0.214. The zero-order chi connectivity index (χ0) is 16.9. The van der Waals surface area contributed by atoms with Crippen LogP contribution in [0, 0.1) is 0 Å². The number of carbonyl (C=O) groups is 1. The van der Waals surface area contributed by atoms with Crippen molar-refractivity contribution in [2.45, 2.75) is 19.0 Å². The highest BCUT2D eigenvalue weighted by atomic mass is 35.5. The zero-order valence-corrected chi connectivity index (χ0v) is 14.1. The molecule has 0 unspecified atom stereocenters. The van der Waals surface area contributed by atoms with Crippen LogP contribution in [0.1, 0.15) is 11.1 Å². The molecule has 0 saturated carbocycles. The number of methoxy groups -OCH3 is 1. The number of hydrogen-bond acceptors (Lipinski definition) is 3. The monoisotopic (exact) mass is 346 g/mol. The summed E-state index contributed by atoms with van der Waals surface area (Å²) in [5.41, 5.74) is 1.98. The second-order valence-electron chi connectivity index (χ2n) is 5.64. The van der Waals surface area contributed by atoms with Crippen LogP contribution < -0.4 is 20.1 Å². The van der Waals surface area contributed by atoms with Gasteiger partial charge in [-0.2, -0.15) is 0 Å². The number of halogens is 1. The predicted octanol–water partition coefficient (Wildman–Crippen LogP) is 3.15. The molecule has 2 amide bonds. The van der Waals surface area contributed by atoms with E-state index >= 15 is 0 Å². The van der Waals surface area contributed by atoms with Gasteiger partial charge in [-0.3, -0.25) is 0 Å². The zero-order valence-electron chi connectivity index (χ0n) is 13.3. The maximum atomic E-state index is 12.1. The van der Waals surface area contributed by atoms with Crippen LogP contribution in [-0.2, 0) is 13.0 Å². The van der Waals surface area contributed by atoms with Gasteiger partial charge in [0, 0.05) is 11.6 Å². The Bertz CT molecular complexity index is 736. The molecule has 24 heavy (non-hydrogen) atoms. The van der Waals surface area contributed by atoms with Crippen molar-refractivity contribution in [2.24, 2.45) is 0 Å². The Balaban J connectivity index is 1.53. The largest absolute Gasteiger partial charge is 0.497 e. The molecule has 0 aromatic heterocycles. The number of urea groups is 1. The first kappa shape index (κ1) is 16.5. The van der Waals surface area contributed by atoms with Crippen LogP contribution in [0.3, 0.4) is 0 Å². The van der Waals surface area contributed by atoms with Gasteiger partial charge in [0.1, 0.15) is 18.1 Å². The van der Waals surface area contributed by atoms with Gasteiger partial charge in [-0.1, -0.05) is 23.7 Å². The van der Waals surface area contributed by atoms with E-state index < -0.39 is 0 Å². The smallest absolute Gasteiger partial charge is 0.315 e. The van der Waals surface area contributed by atoms with Crippen LogP contribution >= 0.6 is 11.6 Å². The summed E-state index contributed by atoms with van der Waals surface area (Å²) in [6.07, 6.45) is 0.705. The summed E-state index contributed by atoms with van der Waals surface area (Å²) in [7, 11) is 1.63. The number of benzene rings is 2. The van der Waals surface area contributed by atoms with Crippen LogP contribution in [0.4, 0.5) is 4.79 Å². The minimum Gasteiger partial charge on any atom is -0.497 e. The molecule has 5 nitrogen and oxygen atoms in total. The quantitative estimate of drug-likeness (QED) is 0.894. The van der Waals surface area contributed by atoms with E-state index in [0.717, 1.165) is 22.6 Å². The molecule has 0 spiro atoms. The number of ether oxygens (including phenoxy) is 2. The Hall–Kier alpha value is -2.40. The lowest BCUT2D eigenvalue weighted by Gasteiger charge is -2.26. The molecule has 2 aromatic rings. The van der Waals surface area contributed by atoms with E-state index in [4.69, 9.17) is 21.1 Å². The third kappa shape index (κ3) is 4.11. The van der Waals surface area contributed by atoms with Crippen molar-refractivity contribution in [3.63, 3.8) is 0 Å². The standard InChI is InChI=1S/C18H19ClN2O3/c1-23-16-5-6-17-13(9-16)8-15(11-24-17)21-18(22)20-10-12-3-2-4-14(19)7-12/h2-7,9,15H,8,10-11H2,1H3,(H2,20,21,22)/t15-/m0/s1. The fourth-order valence-electron chi connectivity index (χ4n) is 2.66. The molecule has 0 bridgehead atoms. The maximum Gasteiger partial charge on any atom is 0.315 e. The Morgan fingerprint density at radius 1 is 1.33 bits per heavy atom. The molecule has 0 radical (unpaired) electrons. The van der Waals surface area contributed by atoms with Gasteiger partial charge >= 0.3 is 6.03 Å². The van der Waals surface area contributed by atoms with E-state index in [0.29, 0.717) is 24.6 Å². The third-order valence-electron chi connectivity index (χ3n) is 3.85. The Labute approximate surface area is 145 Å². The number of nitrogens with one attached hydrogen (secondary N) is 2. The first-order chi connectivity index (χ1) is 11.6. The molecule has 1 atom stereocenters. The molecule has 1 heterocycles. The normalized spacial score (nSPS) is 15.8. The highest BCUT2D eigenvalue weighted by molar-refractivity contribution is 6.30. The van der Waals surface area contributed by atoms with Crippen molar-refractivity contribution < 1.29 is 14.3 Å². The van der Waals surface area contributed by atoms with Gasteiger partial charge in [-0.25, -0.2) is 4.79 Å². The van der Waals surface area contributed by atoms with E-state index in [2.05, 4.69) is 10.6 Å². The molecule has 1 aliphatic rings. The van der Waals surface area contributed by atoms with Crippen LogP contribution in [0.25, 0.3) is 0 Å². The van der Waals surface area contributed by atoms with Gasteiger partial charge in [0.2, 0.25) is 0 Å². The second-order valence-corrected chi connectivity index (χ2v) is 6.08. The maximum absolute atomic E-state index is 12.1. The summed E-state index contributed by atoms with van der Waals surface area (Å²) in [6.45, 7) is 0.869. The first-order valence-electron chi connectivity index (χ1n) is 7.72. The van der Waals surface area contributed by atoms with Crippen molar-refractivity contribution in [1.82, 2.24) is 10.6 Å². The summed E-state index contributed by atoms with van der Waals surface area (Å²) in [6, 6.07) is 12.8. The SMILES string of the molecule is COc1ccc2c(c1)C[C@H](NC(=O)NCc1cccc(Cl)c1)CO2. The van der Waals surface area contributed by atoms with Gasteiger partial charge in [0.25, 0.3) is 0 Å². The van der Waals surface area contributed by atoms with E-state index in [-0.39, 0.29) is 12.1 Å².